The minimum Gasteiger partial charge on any atom is -0.388 e. The topological polar surface area (TPSA) is 32.7 Å². The summed E-state index contributed by atoms with van der Waals surface area (Å²) in [7, 11) is 2.02. The van der Waals surface area contributed by atoms with Crippen molar-refractivity contribution in [2.45, 2.75) is 19.4 Å². The number of hydrogen-bond acceptors (Lipinski definition) is 3. The Balaban J connectivity index is 2.40. The molecule has 108 valence electrons. The van der Waals surface area contributed by atoms with Crippen LogP contribution in [0.1, 0.15) is 25.0 Å². The molecule has 1 N–H and O–H groups in total. The molecule has 0 spiro atoms. The molecule has 5 heteroatoms. The van der Waals surface area contributed by atoms with E-state index in [2.05, 4.69) is 20.8 Å². The lowest BCUT2D eigenvalue weighted by Gasteiger charge is -2.19. The van der Waals surface area contributed by atoms with Gasteiger partial charge in [0.15, 0.2) is 0 Å². The first kappa shape index (κ1) is 16.9. The second-order valence-corrected chi connectivity index (χ2v) is 5.79. The molecule has 1 rings (SSSR count). The molecule has 1 unspecified atom stereocenters. The highest BCUT2D eigenvalue weighted by Crippen LogP contribution is 2.28. The third-order valence-corrected chi connectivity index (χ3v) is 3.75. The highest BCUT2D eigenvalue weighted by molar-refractivity contribution is 9.10. The monoisotopic (exact) mass is 349 g/mol. The number of ether oxygens (including phenoxy) is 1. The van der Waals surface area contributed by atoms with Gasteiger partial charge in [-0.15, -0.1) is 0 Å². The molecule has 0 aliphatic heterocycles. The minimum atomic E-state index is -0.532. The van der Waals surface area contributed by atoms with Crippen LogP contribution in [0.25, 0.3) is 0 Å². The molecule has 0 heterocycles. The number of hydrogen-bond donors (Lipinski definition) is 1. The molecule has 1 aromatic carbocycles. The normalized spacial score (nSPS) is 12.9. The van der Waals surface area contributed by atoms with Gasteiger partial charge in [0.05, 0.1) is 12.7 Å². The van der Waals surface area contributed by atoms with Crippen LogP contribution >= 0.6 is 27.5 Å². The molecule has 1 atom stereocenters. The standard InChI is InChI=1S/C14H21BrClNO2/c1-3-19-9-8-17(2)7-6-14(18)12-5-4-11(15)10-13(12)16/h4-5,10,14,18H,3,6-9H2,1-2H3. The molecule has 19 heavy (non-hydrogen) atoms. The molecule has 0 amide bonds. The second-order valence-electron chi connectivity index (χ2n) is 4.47. The van der Waals surface area contributed by atoms with E-state index in [1.54, 1.807) is 6.07 Å². The Bertz CT molecular complexity index is 390. The predicted molar refractivity (Wildman–Crippen MR) is 82.7 cm³/mol. The summed E-state index contributed by atoms with van der Waals surface area (Å²) in [5.74, 6) is 0. The molecule has 0 fully saturated rings. The van der Waals surface area contributed by atoms with Crippen molar-refractivity contribution in [2.75, 3.05) is 33.4 Å². The summed E-state index contributed by atoms with van der Waals surface area (Å²) < 4.78 is 6.22. The van der Waals surface area contributed by atoms with E-state index in [0.29, 0.717) is 11.4 Å². The van der Waals surface area contributed by atoms with Gasteiger partial charge in [-0.25, -0.2) is 0 Å². The van der Waals surface area contributed by atoms with Gasteiger partial charge in [-0.2, -0.15) is 0 Å². The van der Waals surface area contributed by atoms with E-state index < -0.39 is 6.10 Å². The van der Waals surface area contributed by atoms with Crippen LogP contribution in [-0.4, -0.2) is 43.4 Å². The van der Waals surface area contributed by atoms with Crippen LogP contribution in [-0.2, 0) is 4.74 Å². The van der Waals surface area contributed by atoms with Crippen molar-refractivity contribution < 1.29 is 9.84 Å². The van der Waals surface area contributed by atoms with Crippen LogP contribution in [0.2, 0.25) is 5.02 Å². The van der Waals surface area contributed by atoms with E-state index >= 15 is 0 Å². The zero-order valence-corrected chi connectivity index (χ0v) is 13.7. The molecule has 0 saturated carbocycles. The molecule has 1 aromatic rings. The lowest BCUT2D eigenvalue weighted by Crippen LogP contribution is -2.25. The van der Waals surface area contributed by atoms with Gasteiger partial charge in [0.2, 0.25) is 0 Å². The summed E-state index contributed by atoms with van der Waals surface area (Å²) in [6.45, 7) is 5.13. The average Bonchev–Trinajstić information content (AvgIpc) is 2.36. The number of aliphatic hydroxyl groups excluding tert-OH is 1. The van der Waals surface area contributed by atoms with E-state index in [4.69, 9.17) is 16.3 Å². The first-order valence-corrected chi connectivity index (χ1v) is 7.61. The van der Waals surface area contributed by atoms with Gasteiger partial charge < -0.3 is 14.7 Å². The van der Waals surface area contributed by atoms with Gasteiger partial charge in [-0.05, 0) is 38.1 Å². The second kappa shape index (κ2) is 8.93. The fourth-order valence-corrected chi connectivity index (χ4v) is 2.55. The molecular formula is C14H21BrClNO2. The highest BCUT2D eigenvalue weighted by Gasteiger charge is 2.12. The van der Waals surface area contributed by atoms with Gasteiger partial charge in [-0.1, -0.05) is 33.6 Å². The molecule has 0 saturated heterocycles. The lowest BCUT2D eigenvalue weighted by atomic mass is 10.1. The van der Waals surface area contributed by atoms with E-state index in [0.717, 1.165) is 36.3 Å². The highest BCUT2D eigenvalue weighted by atomic mass is 79.9. The Kier molecular flexibility index (Phi) is 7.95. The third kappa shape index (κ3) is 6.23. The largest absolute Gasteiger partial charge is 0.388 e. The summed E-state index contributed by atoms with van der Waals surface area (Å²) in [5.41, 5.74) is 0.781. The molecule has 0 aromatic heterocycles. The van der Waals surface area contributed by atoms with Crippen molar-refractivity contribution in [3.8, 4) is 0 Å². The van der Waals surface area contributed by atoms with Crippen molar-refractivity contribution in [3.05, 3.63) is 33.3 Å². The van der Waals surface area contributed by atoms with E-state index in [1.807, 2.05) is 26.1 Å². The van der Waals surface area contributed by atoms with Crippen LogP contribution in [0.4, 0.5) is 0 Å². The minimum absolute atomic E-state index is 0.532. The van der Waals surface area contributed by atoms with Crippen molar-refractivity contribution in [1.82, 2.24) is 4.90 Å². The number of nitrogens with zero attached hydrogens (tertiary/aromatic N) is 1. The summed E-state index contributed by atoms with van der Waals surface area (Å²) in [6.07, 6.45) is 0.124. The molecular weight excluding hydrogens is 330 g/mol. The molecule has 0 radical (unpaired) electrons. The Morgan fingerprint density at radius 2 is 2.16 bits per heavy atom. The summed E-state index contributed by atoms with van der Waals surface area (Å²) in [5, 5.41) is 10.8. The molecule has 0 aliphatic carbocycles. The summed E-state index contributed by atoms with van der Waals surface area (Å²) >= 11 is 9.47. The van der Waals surface area contributed by atoms with Crippen molar-refractivity contribution in [3.63, 3.8) is 0 Å². The van der Waals surface area contributed by atoms with Crippen LogP contribution in [0.5, 0.6) is 0 Å². The van der Waals surface area contributed by atoms with Crippen molar-refractivity contribution in [2.24, 2.45) is 0 Å². The maximum atomic E-state index is 10.2. The quantitative estimate of drug-likeness (QED) is 0.728. The summed E-state index contributed by atoms with van der Waals surface area (Å²) in [6, 6.07) is 5.55. The Morgan fingerprint density at radius 1 is 1.42 bits per heavy atom. The number of benzene rings is 1. The van der Waals surface area contributed by atoms with Crippen LogP contribution in [0, 0.1) is 0 Å². The predicted octanol–water partition coefficient (Wildman–Crippen LogP) is 3.49. The summed E-state index contributed by atoms with van der Waals surface area (Å²) in [4.78, 5) is 2.14. The average molecular weight is 351 g/mol. The van der Waals surface area contributed by atoms with Gasteiger partial charge in [0, 0.05) is 29.2 Å². The van der Waals surface area contributed by atoms with Gasteiger partial charge in [-0.3, -0.25) is 0 Å². The maximum absolute atomic E-state index is 10.2. The van der Waals surface area contributed by atoms with Crippen molar-refractivity contribution in [1.29, 1.82) is 0 Å². The number of rotatable bonds is 8. The fourth-order valence-electron chi connectivity index (χ4n) is 1.75. The maximum Gasteiger partial charge on any atom is 0.0816 e. The lowest BCUT2D eigenvalue weighted by molar-refractivity contribution is 0.109. The van der Waals surface area contributed by atoms with Gasteiger partial charge in [0.25, 0.3) is 0 Å². The molecule has 0 aliphatic rings. The van der Waals surface area contributed by atoms with Gasteiger partial charge in [0.1, 0.15) is 0 Å². The first-order valence-electron chi connectivity index (χ1n) is 6.44. The first-order chi connectivity index (χ1) is 9.04. The molecule has 3 nitrogen and oxygen atoms in total. The Morgan fingerprint density at radius 3 is 2.79 bits per heavy atom. The van der Waals surface area contributed by atoms with Crippen LogP contribution in [0.15, 0.2) is 22.7 Å². The van der Waals surface area contributed by atoms with E-state index in [1.165, 1.54) is 0 Å². The Hall–Kier alpha value is -0.130. The fraction of sp³-hybridized carbons (Fsp3) is 0.571. The SMILES string of the molecule is CCOCCN(C)CCC(O)c1ccc(Br)cc1Cl. The zero-order chi connectivity index (χ0) is 14.3. The Labute approximate surface area is 128 Å². The van der Waals surface area contributed by atoms with Crippen LogP contribution in [0.3, 0.4) is 0 Å². The zero-order valence-electron chi connectivity index (χ0n) is 11.4. The smallest absolute Gasteiger partial charge is 0.0816 e. The van der Waals surface area contributed by atoms with E-state index in [-0.39, 0.29) is 0 Å². The van der Waals surface area contributed by atoms with Gasteiger partial charge >= 0.3 is 0 Å². The van der Waals surface area contributed by atoms with Crippen molar-refractivity contribution >= 4 is 27.5 Å². The van der Waals surface area contributed by atoms with Crippen LogP contribution < -0.4 is 0 Å². The number of halogens is 2. The molecule has 0 bridgehead atoms. The third-order valence-electron chi connectivity index (χ3n) is 2.93. The number of aliphatic hydroxyl groups is 1. The number of likely N-dealkylation sites (N-methyl/N-ethyl adjacent to an activating group) is 1. The van der Waals surface area contributed by atoms with E-state index in [9.17, 15) is 5.11 Å².